The van der Waals surface area contributed by atoms with Gasteiger partial charge in [0.1, 0.15) is 18.6 Å². The zero-order valence-electron chi connectivity index (χ0n) is 20.3. The first kappa shape index (κ1) is 23.6. The van der Waals surface area contributed by atoms with Crippen LogP contribution in [0.25, 0.3) is 11.1 Å². The van der Waals surface area contributed by atoms with Crippen LogP contribution in [-0.2, 0) is 27.1 Å². The molecule has 5 nitrogen and oxygen atoms in total. The minimum Gasteiger partial charge on any atom is -0.496 e. The van der Waals surface area contributed by atoms with Crippen LogP contribution in [0.3, 0.4) is 0 Å². The fourth-order valence-corrected chi connectivity index (χ4v) is 5.84. The molecule has 2 unspecified atom stereocenters. The van der Waals surface area contributed by atoms with Crippen molar-refractivity contribution in [2.45, 2.75) is 25.4 Å². The Bertz CT molecular complexity index is 1140. The predicted molar refractivity (Wildman–Crippen MR) is 134 cm³/mol. The molecule has 1 fully saturated rings. The molecular formula is C30H32O5. The monoisotopic (exact) mass is 472 g/mol. The van der Waals surface area contributed by atoms with Gasteiger partial charge in [-0.2, -0.15) is 0 Å². The van der Waals surface area contributed by atoms with Crippen molar-refractivity contribution in [1.29, 1.82) is 0 Å². The van der Waals surface area contributed by atoms with Gasteiger partial charge in [-0.15, -0.1) is 0 Å². The first-order chi connectivity index (χ1) is 17.2. The Morgan fingerprint density at radius 1 is 0.886 bits per heavy atom. The molecule has 0 heterocycles. The summed E-state index contributed by atoms with van der Waals surface area (Å²) >= 11 is 0. The zero-order valence-corrected chi connectivity index (χ0v) is 20.3. The second kappa shape index (κ2) is 10.6. The summed E-state index contributed by atoms with van der Waals surface area (Å²) < 4.78 is 22.7. The molecule has 0 spiro atoms. The van der Waals surface area contributed by atoms with Gasteiger partial charge in [0.05, 0.1) is 19.3 Å². The van der Waals surface area contributed by atoms with E-state index in [1.165, 1.54) is 11.1 Å². The highest BCUT2D eigenvalue weighted by molar-refractivity contribution is 5.90. The van der Waals surface area contributed by atoms with Crippen LogP contribution in [0.15, 0.2) is 72.8 Å². The molecule has 0 aliphatic heterocycles. The van der Waals surface area contributed by atoms with E-state index in [1.54, 1.807) is 14.2 Å². The van der Waals surface area contributed by atoms with Crippen molar-refractivity contribution in [3.63, 3.8) is 0 Å². The van der Waals surface area contributed by atoms with Crippen LogP contribution in [0.5, 0.6) is 5.75 Å². The van der Waals surface area contributed by atoms with Gasteiger partial charge in [-0.1, -0.05) is 54.6 Å². The Kier molecular flexibility index (Phi) is 7.16. The number of carbonyl (C=O) groups excluding carboxylic acids is 1. The summed E-state index contributed by atoms with van der Waals surface area (Å²) in [5.41, 5.74) is 5.38. The minimum absolute atomic E-state index is 0.127. The summed E-state index contributed by atoms with van der Waals surface area (Å²) in [7, 11) is 3.35. The van der Waals surface area contributed by atoms with Gasteiger partial charge in [-0.25, -0.2) is 4.79 Å². The van der Waals surface area contributed by atoms with Crippen molar-refractivity contribution in [2.75, 3.05) is 27.6 Å². The quantitative estimate of drug-likeness (QED) is 0.244. The average Bonchev–Trinajstić information content (AvgIpc) is 3.23. The summed E-state index contributed by atoms with van der Waals surface area (Å²) in [6, 6.07) is 24.1. The van der Waals surface area contributed by atoms with E-state index < -0.39 is 0 Å². The van der Waals surface area contributed by atoms with Crippen molar-refractivity contribution in [3.8, 4) is 16.9 Å². The molecule has 0 amide bonds. The lowest BCUT2D eigenvalue weighted by atomic mass is 9.75. The standard InChI is InChI=1S/C30H32O5/c1-32-19-34-18-27-25-15-23-9-6-10-28(33-2)26(23)16-24(25)17-29(27)35-30(31)22-13-11-21(12-14-22)20-7-4-3-5-8-20/h3-14,24-25,27,29H,15-19H2,1-2H3/t24?,25-,27+,29?/m0/s1. The summed E-state index contributed by atoms with van der Waals surface area (Å²) in [4.78, 5) is 13.1. The van der Waals surface area contributed by atoms with Crippen molar-refractivity contribution in [3.05, 3.63) is 89.5 Å². The van der Waals surface area contributed by atoms with Crippen LogP contribution < -0.4 is 4.74 Å². The Morgan fingerprint density at radius 2 is 1.66 bits per heavy atom. The number of esters is 1. The molecule has 182 valence electrons. The molecule has 2 aliphatic rings. The number of rotatable bonds is 8. The van der Waals surface area contributed by atoms with E-state index in [-0.39, 0.29) is 24.8 Å². The predicted octanol–water partition coefficient (Wildman–Crippen LogP) is 5.56. The number of hydrogen-bond donors (Lipinski definition) is 0. The van der Waals surface area contributed by atoms with Crippen LogP contribution in [-0.4, -0.2) is 39.7 Å². The fraction of sp³-hybridized carbons (Fsp3) is 0.367. The second-order valence-electron chi connectivity index (χ2n) is 9.49. The minimum atomic E-state index is -0.278. The largest absolute Gasteiger partial charge is 0.496 e. The Morgan fingerprint density at radius 3 is 2.40 bits per heavy atom. The van der Waals surface area contributed by atoms with E-state index >= 15 is 0 Å². The molecule has 35 heavy (non-hydrogen) atoms. The summed E-state index contributed by atoms with van der Waals surface area (Å²) in [6.45, 7) is 0.749. The van der Waals surface area contributed by atoms with Crippen LogP contribution in [0.4, 0.5) is 0 Å². The molecule has 3 aromatic rings. The Hall–Kier alpha value is -3.15. The number of fused-ring (bicyclic) bond motifs is 2. The first-order valence-electron chi connectivity index (χ1n) is 12.3. The summed E-state index contributed by atoms with van der Waals surface area (Å²) in [5, 5.41) is 0. The lowest BCUT2D eigenvalue weighted by molar-refractivity contribution is -0.0659. The SMILES string of the molecule is COCOC[C@H]1C(OC(=O)c2ccc(-c3ccccc3)cc2)CC2Cc3c(cccc3OC)C[C@@H]21. The highest BCUT2D eigenvalue weighted by Crippen LogP contribution is 2.48. The molecule has 0 N–H and O–H groups in total. The number of hydrogen-bond acceptors (Lipinski definition) is 5. The highest BCUT2D eigenvalue weighted by Gasteiger charge is 2.47. The van der Waals surface area contributed by atoms with E-state index in [2.05, 4.69) is 24.3 Å². The molecule has 1 saturated carbocycles. The number of carbonyl (C=O) groups is 1. The molecule has 0 bridgehead atoms. The zero-order chi connectivity index (χ0) is 24.2. The topological polar surface area (TPSA) is 54.0 Å². The molecule has 4 atom stereocenters. The van der Waals surface area contributed by atoms with Gasteiger partial charge in [-0.3, -0.25) is 0 Å². The molecule has 5 rings (SSSR count). The smallest absolute Gasteiger partial charge is 0.338 e. The van der Waals surface area contributed by atoms with Gasteiger partial charge < -0.3 is 18.9 Å². The van der Waals surface area contributed by atoms with Crippen molar-refractivity contribution in [2.24, 2.45) is 17.8 Å². The lowest BCUT2D eigenvalue weighted by Crippen LogP contribution is -2.32. The van der Waals surface area contributed by atoms with E-state index in [0.29, 0.717) is 24.0 Å². The van der Waals surface area contributed by atoms with E-state index in [1.807, 2.05) is 48.5 Å². The molecule has 5 heteroatoms. The lowest BCUT2D eigenvalue weighted by Gasteiger charge is -2.32. The number of benzene rings is 3. The van der Waals surface area contributed by atoms with Crippen LogP contribution >= 0.6 is 0 Å². The van der Waals surface area contributed by atoms with Crippen LogP contribution in [0.1, 0.15) is 27.9 Å². The first-order valence-corrected chi connectivity index (χ1v) is 12.3. The van der Waals surface area contributed by atoms with E-state index in [9.17, 15) is 4.79 Å². The van der Waals surface area contributed by atoms with Crippen LogP contribution in [0, 0.1) is 17.8 Å². The van der Waals surface area contributed by atoms with Crippen molar-refractivity contribution >= 4 is 5.97 Å². The third-order valence-corrected chi connectivity index (χ3v) is 7.54. The molecule has 3 aromatic carbocycles. The molecular weight excluding hydrogens is 440 g/mol. The molecule has 0 aromatic heterocycles. The third kappa shape index (κ3) is 4.97. The van der Waals surface area contributed by atoms with Gasteiger partial charge in [0.15, 0.2) is 0 Å². The third-order valence-electron chi connectivity index (χ3n) is 7.54. The molecule has 0 saturated heterocycles. The number of ether oxygens (including phenoxy) is 4. The van der Waals surface area contributed by atoms with Crippen molar-refractivity contribution < 1.29 is 23.7 Å². The maximum absolute atomic E-state index is 13.1. The summed E-state index contributed by atoms with van der Waals surface area (Å²) in [5.74, 6) is 1.62. The van der Waals surface area contributed by atoms with Gasteiger partial charge in [0.2, 0.25) is 0 Å². The van der Waals surface area contributed by atoms with Gasteiger partial charge in [0.25, 0.3) is 0 Å². The van der Waals surface area contributed by atoms with Gasteiger partial charge in [-0.05, 0) is 71.6 Å². The number of methoxy groups -OCH3 is 2. The Labute approximate surface area is 207 Å². The van der Waals surface area contributed by atoms with Crippen molar-refractivity contribution in [1.82, 2.24) is 0 Å². The Balaban J connectivity index is 1.32. The van der Waals surface area contributed by atoms with Gasteiger partial charge in [0, 0.05) is 13.0 Å². The van der Waals surface area contributed by atoms with E-state index in [0.717, 1.165) is 36.1 Å². The normalized spacial score (nSPS) is 22.8. The second-order valence-corrected chi connectivity index (χ2v) is 9.49. The van der Waals surface area contributed by atoms with Crippen LogP contribution in [0.2, 0.25) is 0 Å². The average molecular weight is 473 g/mol. The fourth-order valence-electron chi connectivity index (χ4n) is 5.84. The molecule has 2 aliphatic carbocycles. The van der Waals surface area contributed by atoms with E-state index in [4.69, 9.17) is 18.9 Å². The maximum Gasteiger partial charge on any atom is 0.338 e. The molecule has 0 radical (unpaired) electrons. The maximum atomic E-state index is 13.1. The van der Waals surface area contributed by atoms with Gasteiger partial charge >= 0.3 is 5.97 Å². The summed E-state index contributed by atoms with van der Waals surface area (Å²) in [6.07, 6.45) is 2.52. The highest BCUT2D eigenvalue weighted by atomic mass is 16.7.